The summed E-state index contributed by atoms with van der Waals surface area (Å²) in [7, 11) is 0. The summed E-state index contributed by atoms with van der Waals surface area (Å²) >= 11 is 0. The van der Waals surface area contributed by atoms with Gasteiger partial charge >= 0.3 is 6.18 Å². The lowest BCUT2D eigenvalue weighted by Crippen LogP contribution is -2.34. The van der Waals surface area contributed by atoms with Crippen molar-refractivity contribution >= 4 is 18.2 Å². The SMILES string of the molecule is Cl.NN1CCC(C(=O)C(F)(F)F)C1. The van der Waals surface area contributed by atoms with Crippen molar-refractivity contribution in [3.05, 3.63) is 0 Å². The van der Waals surface area contributed by atoms with E-state index in [0.717, 1.165) is 0 Å². The van der Waals surface area contributed by atoms with Crippen LogP contribution in [0.5, 0.6) is 0 Å². The summed E-state index contributed by atoms with van der Waals surface area (Å²) < 4.78 is 35.5. The fraction of sp³-hybridized carbons (Fsp3) is 0.833. The average molecular weight is 219 g/mol. The average Bonchev–Trinajstić information content (AvgIpc) is 2.32. The van der Waals surface area contributed by atoms with Gasteiger partial charge < -0.3 is 0 Å². The molecule has 0 spiro atoms. The van der Waals surface area contributed by atoms with Gasteiger partial charge in [0, 0.05) is 19.0 Å². The van der Waals surface area contributed by atoms with Gasteiger partial charge in [0.25, 0.3) is 0 Å². The monoisotopic (exact) mass is 218 g/mol. The Bertz CT molecular complexity index is 197. The predicted octanol–water partition coefficient (Wildman–Crippen LogP) is 0.735. The zero-order valence-electron chi connectivity index (χ0n) is 6.67. The van der Waals surface area contributed by atoms with Gasteiger partial charge in [-0.2, -0.15) is 13.2 Å². The third-order valence-corrected chi connectivity index (χ3v) is 1.87. The summed E-state index contributed by atoms with van der Waals surface area (Å²) in [5, 5.41) is 1.23. The molecule has 1 aliphatic rings. The van der Waals surface area contributed by atoms with Gasteiger partial charge in [0.2, 0.25) is 5.78 Å². The van der Waals surface area contributed by atoms with Crippen LogP contribution in [0.15, 0.2) is 0 Å². The lowest BCUT2D eigenvalue weighted by molar-refractivity contribution is -0.175. The minimum absolute atomic E-state index is 0. The second kappa shape index (κ2) is 4.26. The van der Waals surface area contributed by atoms with Crippen LogP contribution in [0.25, 0.3) is 0 Å². The first-order chi connectivity index (χ1) is 5.41. The van der Waals surface area contributed by atoms with Gasteiger partial charge in [-0.25, -0.2) is 5.01 Å². The van der Waals surface area contributed by atoms with Crippen LogP contribution in [0.2, 0.25) is 0 Å². The largest absolute Gasteiger partial charge is 0.450 e. The van der Waals surface area contributed by atoms with E-state index in [1.165, 1.54) is 5.01 Å². The maximum absolute atomic E-state index is 11.8. The normalized spacial score (nSPS) is 24.2. The number of alkyl halides is 3. The number of Topliss-reactive ketones (excluding diaryl/α,β-unsaturated/α-hetero) is 1. The van der Waals surface area contributed by atoms with Crippen LogP contribution in [0.4, 0.5) is 13.2 Å². The predicted molar refractivity (Wildman–Crippen MR) is 42.2 cm³/mol. The zero-order chi connectivity index (χ0) is 9.35. The summed E-state index contributed by atoms with van der Waals surface area (Å²) in [6.45, 7) is 0.366. The van der Waals surface area contributed by atoms with E-state index in [9.17, 15) is 18.0 Å². The fourth-order valence-electron chi connectivity index (χ4n) is 1.23. The van der Waals surface area contributed by atoms with Gasteiger partial charge in [-0.05, 0) is 6.42 Å². The Hall–Kier alpha value is -0.330. The van der Waals surface area contributed by atoms with E-state index in [-0.39, 0.29) is 25.4 Å². The Labute approximate surface area is 79.4 Å². The van der Waals surface area contributed by atoms with E-state index in [4.69, 9.17) is 5.84 Å². The van der Waals surface area contributed by atoms with Crippen molar-refractivity contribution in [1.82, 2.24) is 5.01 Å². The van der Waals surface area contributed by atoms with Gasteiger partial charge in [-0.3, -0.25) is 10.6 Å². The molecule has 1 rings (SSSR count). The molecule has 1 aliphatic heterocycles. The smallest absolute Gasteiger partial charge is 0.289 e. The number of nitrogens with zero attached hydrogens (tertiary/aromatic N) is 1. The number of ketones is 1. The van der Waals surface area contributed by atoms with Gasteiger partial charge in [0.1, 0.15) is 0 Å². The van der Waals surface area contributed by atoms with Gasteiger partial charge in [-0.1, -0.05) is 0 Å². The van der Waals surface area contributed by atoms with Crippen LogP contribution in [-0.2, 0) is 4.79 Å². The molecule has 0 radical (unpaired) electrons. The Morgan fingerprint density at radius 2 is 2.00 bits per heavy atom. The molecule has 1 fully saturated rings. The molecule has 0 aromatic heterocycles. The van der Waals surface area contributed by atoms with Crippen molar-refractivity contribution in [3.63, 3.8) is 0 Å². The topological polar surface area (TPSA) is 46.3 Å². The van der Waals surface area contributed by atoms with E-state index >= 15 is 0 Å². The van der Waals surface area contributed by atoms with E-state index < -0.39 is 17.9 Å². The molecule has 78 valence electrons. The molecule has 0 bridgehead atoms. The third kappa shape index (κ3) is 3.13. The molecule has 0 amide bonds. The van der Waals surface area contributed by atoms with Crippen molar-refractivity contribution in [2.45, 2.75) is 12.6 Å². The van der Waals surface area contributed by atoms with Gasteiger partial charge in [0.15, 0.2) is 0 Å². The highest BCUT2D eigenvalue weighted by atomic mass is 35.5. The lowest BCUT2D eigenvalue weighted by atomic mass is 10.0. The highest BCUT2D eigenvalue weighted by Crippen LogP contribution is 2.25. The number of carbonyl (C=O) groups excluding carboxylic acids is 1. The van der Waals surface area contributed by atoms with Crippen molar-refractivity contribution in [2.75, 3.05) is 13.1 Å². The number of halogens is 4. The number of rotatable bonds is 1. The first-order valence-corrected chi connectivity index (χ1v) is 3.52. The Morgan fingerprint density at radius 3 is 2.31 bits per heavy atom. The molecule has 1 saturated heterocycles. The maximum Gasteiger partial charge on any atom is 0.450 e. The first kappa shape index (κ1) is 12.7. The summed E-state index contributed by atoms with van der Waals surface area (Å²) in [6, 6.07) is 0. The molecule has 3 nitrogen and oxygen atoms in total. The molecule has 0 saturated carbocycles. The Morgan fingerprint density at radius 1 is 1.46 bits per heavy atom. The van der Waals surface area contributed by atoms with Crippen molar-refractivity contribution in [1.29, 1.82) is 0 Å². The molecule has 7 heteroatoms. The Balaban J connectivity index is 0.00000144. The van der Waals surface area contributed by atoms with Crippen LogP contribution in [-0.4, -0.2) is 30.1 Å². The van der Waals surface area contributed by atoms with Crippen LogP contribution in [0, 0.1) is 5.92 Å². The van der Waals surface area contributed by atoms with E-state index in [2.05, 4.69) is 0 Å². The van der Waals surface area contributed by atoms with Crippen LogP contribution >= 0.6 is 12.4 Å². The molecule has 0 aromatic rings. The van der Waals surface area contributed by atoms with Crippen LogP contribution in [0.1, 0.15) is 6.42 Å². The standard InChI is InChI=1S/C6H9F3N2O.ClH/c7-6(8,9)5(12)4-1-2-11(10)3-4;/h4H,1-3,10H2;1H. The molecule has 13 heavy (non-hydrogen) atoms. The zero-order valence-corrected chi connectivity index (χ0v) is 7.49. The van der Waals surface area contributed by atoms with Crippen LogP contribution in [0.3, 0.4) is 0 Å². The van der Waals surface area contributed by atoms with Crippen molar-refractivity contribution in [2.24, 2.45) is 11.8 Å². The molecule has 1 heterocycles. The molecular weight excluding hydrogens is 209 g/mol. The van der Waals surface area contributed by atoms with Crippen LogP contribution < -0.4 is 5.84 Å². The quantitative estimate of drug-likeness (QED) is 0.661. The Kier molecular flexibility index (Phi) is 4.15. The van der Waals surface area contributed by atoms with E-state index in [1.54, 1.807) is 0 Å². The molecule has 1 unspecified atom stereocenters. The highest BCUT2D eigenvalue weighted by molar-refractivity contribution is 5.86. The minimum Gasteiger partial charge on any atom is -0.289 e. The maximum atomic E-state index is 11.8. The summed E-state index contributed by atoms with van der Waals surface area (Å²) in [6.07, 6.45) is -4.51. The highest BCUT2D eigenvalue weighted by Gasteiger charge is 2.44. The fourth-order valence-corrected chi connectivity index (χ4v) is 1.23. The second-order valence-corrected chi connectivity index (χ2v) is 2.84. The van der Waals surface area contributed by atoms with Gasteiger partial charge in [0.05, 0.1) is 0 Å². The number of nitrogens with two attached hydrogens (primary N) is 1. The summed E-state index contributed by atoms with van der Waals surface area (Å²) in [5.41, 5.74) is 0. The lowest BCUT2D eigenvalue weighted by Gasteiger charge is -2.10. The second-order valence-electron chi connectivity index (χ2n) is 2.84. The number of hydrogen-bond donors (Lipinski definition) is 1. The van der Waals surface area contributed by atoms with E-state index in [1.807, 2.05) is 0 Å². The van der Waals surface area contributed by atoms with E-state index in [0.29, 0.717) is 6.54 Å². The molecule has 1 atom stereocenters. The number of hydrogen-bond acceptors (Lipinski definition) is 3. The molecule has 0 aromatic carbocycles. The molecule has 0 aliphatic carbocycles. The third-order valence-electron chi connectivity index (χ3n) is 1.87. The van der Waals surface area contributed by atoms with Crippen molar-refractivity contribution < 1.29 is 18.0 Å². The summed E-state index contributed by atoms with van der Waals surface area (Å²) in [5.74, 6) is 2.60. The van der Waals surface area contributed by atoms with Gasteiger partial charge in [-0.15, -0.1) is 12.4 Å². The summed E-state index contributed by atoms with van der Waals surface area (Å²) in [4.78, 5) is 10.6. The number of hydrazine groups is 1. The van der Waals surface area contributed by atoms with Crippen molar-refractivity contribution in [3.8, 4) is 0 Å². The first-order valence-electron chi connectivity index (χ1n) is 3.52. The molecule has 2 N–H and O–H groups in total. The molecular formula is C6H10ClF3N2O. The minimum atomic E-state index is -4.71. The number of carbonyl (C=O) groups is 1.